The third-order valence-corrected chi connectivity index (χ3v) is 5.28. The molecule has 0 fully saturated rings. The van der Waals surface area contributed by atoms with Crippen LogP contribution in [0.5, 0.6) is 0 Å². The van der Waals surface area contributed by atoms with Gasteiger partial charge in [-0.1, -0.05) is 57.9 Å². The fourth-order valence-corrected chi connectivity index (χ4v) is 3.55. The van der Waals surface area contributed by atoms with E-state index in [1.54, 1.807) is 30.3 Å². The molecule has 0 saturated heterocycles. The zero-order valence-electron chi connectivity index (χ0n) is 16.0. The van der Waals surface area contributed by atoms with Crippen molar-refractivity contribution in [1.82, 2.24) is 0 Å². The summed E-state index contributed by atoms with van der Waals surface area (Å²) in [6.45, 7) is 3.83. The van der Waals surface area contributed by atoms with Crippen LogP contribution in [-0.2, 0) is 0 Å². The summed E-state index contributed by atoms with van der Waals surface area (Å²) in [5.41, 5.74) is 3.65. The van der Waals surface area contributed by atoms with Crippen molar-refractivity contribution in [2.24, 2.45) is 0 Å². The minimum absolute atomic E-state index is 0.148. The number of aryl methyl sites for hydroxylation is 2. The first-order valence-corrected chi connectivity index (χ1v) is 9.94. The standard InChI is InChI=1S/C24H18BrNO3/c1-14-5-3-7-17(13-14)20-21(27)19-8-4-6-15(2)22(19)29-24(20)26-23(28)16-9-11-18(25)12-10-16/h3-13H,1-2H3,(H,26,28). The Kier molecular flexibility index (Phi) is 5.07. The van der Waals surface area contributed by atoms with Crippen LogP contribution in [0.15, 0.2) is 80.4 Å². The van der Waals surface area contributed by atoms with Crippen molar-refractivity contribution in [3.63, 3.8) is 0 Å². The van der Waals surface area contributed by atoms with Gasteiger partial charge in [0.1, 0.15) is 5.58 Å². The van der Waals surface area contributed by atoms with Gasteiger partial charge in [-0.3, -0.25) is 14.9 Å². The molecule has 4 rings (SSSR count). The first-order valence-electron chi connectivity index (χ1n) is 9.14. The zero-order valence-corrected chi connectivity index (χ0v) is 17.5. The van der Waals surface area contributed by atoms with E-state index in [-0.39, 0.29) is 17.2 Å². The summed E-state index contributed by atoms with van der Waals surface area (Å²) in [6, 6.07) is 20.0. The maximum Gasteiger partial charge on any atom is 0.257 e. The lowest BCUT2D eigenvalue weighted by atomic mass is 10.0. The van der Waals surface area contributed by atoms with E-state index in [1.807, 2.05) is 50.2 Å². The van der Waals surface area contributed by atoms with Crippen molar-refractivity contribution in [3.05, 3.63) is 98.1 Å². The number of fused-ring (bicyclic) bond motifs is 1. The number of carbonyl (C=O) groups excluding carboxylic acids is 1. The van der Waals surface area contributed by atoms with E-state index in [0.29, 0.717) is 27.7 Å². The Morgan fingerprint density at radius 3 is 2.41 bits per heavy atom. The van der Waals surface area contributed by atoms with Crippen LogP contribution in [0.25, 0.3) is 22.1 Å². The van der Waals surface area contributed by atoms with Crippen LogP contribution in [0, 0.1) is 13.8 Å². The predicted octanol–water partition coefficient (Wildman–Crippen LogP) is 6.09. The third kappa shape index (κ3) is 3.74. The maximum atomic E-state index is 13.4. The average Bonchev–Trinajstić information content (AvgIpc) is 2.69. The summed E-state index contributed by atoms with van der Waals surface area (Å²) in [5.74, 6) is -0.196. The molecule has 0 bridgehead atoms. The summed E-state index contributed by atoms with van der Waals surface area (Å²) in [7, 11) is 0. The Morgan fingerprint density at radius 2 is 1.69 bits per heavy atom. The Balaban J connectivity index is 1.92. The molecule has 1 N–H and O–H groups in total. The molecule has 144 valence electrons. The van der Waals surface area contributed by atoms with Crippen LogP contribution in [0.1, 0.15) is 21.5 Å². The largest absolute Gasteiger partial charge is 0.439 e. The van der Waals surface area contributed by atoms with Gasteiger partial charge in [0.05, 0.1) is 10.9 Å². The van der Waals surface area contributed by atoms with Gasteiger partial charge in [-0.25, -0.2) is 0 Å². The molecule has 29 heavy (non-hydrogen) atoms. The van der Waals surface area contributed by atoms with Crippen LogP contribution in [-0.4, -0.2) is 5.91 Å². The van der Waals surface area contributed by atoms with Gasteiger partial charge >= 0.3 is 0 Å². The summed E-state index contributed by atoms with van der Waals surface area (Å²) in [4.78, 5) is 26.2. The van der Waals surface area contributed by atoms with Crippen LogP contribution in [0.2, 0.25) is 0 Å². The molecule has 1 amide bonds. The van der Waals surface area contributed by atoms with E-state index >= 15 is 0 Å². The van der Waals surface area contributed by atoms with Gasteiger partial charge in [-0.2, -0.15) is 0 Å². The molecule has 0 aliphatic heterocycles. The molecule has 0 radical (unpaired) electrons. The Labute approximate surface area is 176 Å². The number of nitrogens with one attached hydrogen (secondary N) is 1. The molecule has 1 aromatic heterocycles. The first kappa shape index (κ1) is 19.2. The van der Waals surface area contributed by atoms with E-state index in [0.717, 1.165) is 15.6 Å². The van der Waals surface area contributed by atoms with Crippen LogP contribution < -0.4 is 10.7 Å². The van der Waals surface area contributed by atoms with Gasteiger partial charge in [-0.15, -0.1) is 0 Å². The fraction of sp³-hybridized carbons (Fsp3) is 0.0833. The van der Waals surface area contributed by atoms with Crippen molar-refractivity contribution in [3.8, 4) is 11.1 Å². The Bertz CT molecular complexity index is 1290. The maximum absolute atomic E-state index is 13.4. The average molecular weight is 448 g/mol. The molecule has 4 nitrogen and oxygen atoms in total. The van der Waals surface area contributed by atoms with E-state index in [2.05, 4.69) is 21.2 Å². The molecule has 1 heterocycles. The van der Waals surface area contributed by atoms with Crippen molar-refractivity contribution < 1.29 is 9.21 Å². The van der Waals surface area contributed by atoms with Gasteiger partial charge in [0.25, 0.3) is 5.91 Å². The van der Waals surface area contributed by atoms with E-state index < -0.39 is 0 Å². The van der Waals surface area contributed by atoms with E-state index in [1.165, 1.54) is 0 Å². The van der Waals surface area contributed by atoms with Gasteiger partial charge in [-0.05, 0) is 55.3 Å². The number of para-hydroxylation sites is 1. The summed E-state index contributed by atoms with van der Waals surface area (Å²) >= 11 is 3.36. The second-order valence-electron chi connectivity index (χ2n) is 6.92. The lowest BCUT2D eigenvalue weighted by Gasteiger charge is -2.13. The summed E-state index contributed by atoms with van der Waals surface area (Å²) in [6.07, 6.45) is 0. The quantitative estimate of drug-likeness (QED) is 0.413. The van der Waals surface area contributed by atoms with Gasteiger partial charge in [0, 0.05) is 10.0 Å². The molecule has 0 saturated carbocycles. The smallest absolute Gasteiger partial charge is 0.257 e. The lowest BCUT2D eigenvalue weighted by molar-refractivity contribution is 0.102. The number of hydrogen-bond acceptors (Lipinski definition) is 3. The van der Waals surface area contributed by atoms with Crippen LogP contribution in [0.4, 0.5) is 5.88 Å². The molecule has 0 atom stereocenters. The molecular weight excluding hydrogens is 430 g/mol. The monoisotopic (exact) mass is 447 g/mol. The summed E-state index contributed by atoms with van der Waals surface area (Å²) < 4.78 is 6.95. The molecule has 5 heteroatoms. The van der Waals surface area contributed by atoms with Crippen molar-refractivity contribution in [1.29, 1.82) is 0 Å². The van der Waals surface area contributed by atoms with Gasteiger partial charge in [0.2, 0.25) is 11.3 Å². The first-order chi connectivity index (χ1) is 13.9. The SMILES string of the molecule is Cc1cccc(-c2c(NC(=O)c3ccc(Br)cc3)oc3c(C)cccc3c2=O)c1. The normalized spacial score (nSPS) is 10.9. The van der Waals surface area contributed by atoms with Crippen LogP contribution >= 0.6 is 15.9 Å². The molecule has 4 aromatic rings. The lowest BCUT2D eigenvalue weighted by Crippen LogP contribution is -2.16. The molecular formula is C24H18BrNO3. The minimum Gasteiger partial charge on any atom is -0.439 e. The minimum atomic E-state index is -0.345. The van der Waals surface area contributed by atoms with E-state index in [9.17, 15) is 9.59 Å². The van der Waals surface area contributed by atoms with Crippen LogP contribution in [0.3, 0.4) is 0 Å². The molecule has 3 aromatic carbocycles. The highest BCUT2D eigenvalue weighted by atomic mass is 79.9. The summed E-state index contributed by atoms with van der Waals surface area (Å²) in [5, 5.41) is 3.29. The van der Waals surface area contributed by atoms with Crippen molar-refractivity contribution >= 4 is 38.7 Å². The molecule has 0 aliphatic rings. The third-order valence-electron chi connectivity index (χ3n) is 4.75. The van der Waals surface area contributed by atoms with Gasteiger partial charge in [0.15, 0.2) is 0 Å². The van der Waals surface area contributed by atoms with Gasteiger partial charge < -0.3 is 4.42 Å². The number of halogens is 1. The molecule has 0 aliphatic carbocycles. The second-order valence-corrected chi connectivity index (χ2v) is 7.83. The number of carbonyl (C=O) groups is 1. The number of hydrogen-bond donors (Lipinski definition) is 1. The zero-order chi connectivity index (χ0) is 20.5. The highest BCUT2D eigenvalue weighted by molar-refractivity contribution is 9.10. The highest BCUT2D eigenvalue weighted by Crippen LogP contribution is 2.30. The Morgan fingerprint density at radius 1 is 0.966 bits per heavy atom. The number of rotatable bonds is 3. The predicted molar refractivity (Wildman–Crippen MR) is 119 cm³/mol. The highest BCUT2D eigenvalue weighted by Gasteiger charge is 2.20. The second kappa shape index (κ2) is 7.68. The number of amides is 1. The molecule has 0 unspecified atom stereocenters. The fourth-order valence-electron chi connectivity index (χ4n) is 3.28. The number of anilines is 1. The molecule has 0 spiro atoms. The topological polar surface area (TPSA) is 59.3 Å². The van der Waals surface area contributed by atoms with Crippen molar-refractivity contribution in [2.45, 2.75) is 13.8 Å². The Hall–Kier alpha value is -3.18. The number of benzene rings is 3. The van der Waals surface area contributed by atoms with E-state index in [4.69, 9.17) is 4.42 Å². The van der Waals surface area contributed by atoms with Crippen molar-refractivity contribution in [2.75, 3.05) is 5.32 Å².